The molecule has 0 fully saturated rings. The van der Waals surface area contributed by atoms with E-state index in [1.54, 1.807) is 17.4 Å². The highest BCUT2D eigenvalue weighted by molar-refractivity contribution is 7.99. The van der Waals surface area contributed by atoms with Crippen LogP contribution in [0, 0.1) is 11.3 Å². The second-order valence-corrected chi connectivity index (χ2v) is 6.61. The molecular formula is C14H13N3OS2. The molecule has 0 saturated heterocycles. The predicted molar refractivity (Wildman–Crippen MR) is 82.4 cm³/mol. The van der Waals surface area contributed by atoms with Crippen LogP contribution in [0.3, 0.4) is 0 Å². The van der Waals surface area contributed by atoms with Crippen LogP contribution in [-0.4, -0.2) is 15.3 Å². The first kappa shape index (κ1) is 13.4. The molecule has 0 N–H and O–H groups in total. The van der Waals surface area contributed by atoms with Gasteiger partial charge in [0, 0.05) is 17.0 Å². The van der Waals surface area contributed by atoms with Crippen molar-refractivity contribution < 1.29 is 0 Å². The molecule has 1 aliphatic carbocycles. The molecule has 1 aliphatic rings. The van der Waals surface area contributed by atoms with E-state index in [2.05, 4.69) is 17.6 Å². The summed E-state index contributed by atoms with van der Waals surface area (Å²) in [6.07, 6.45) is 4.72. The van der Waals surface area contributed by atoms with Gasteiger partial charge in [-0.2, -0.15) is 5.26 Å². The monoisotopic (exact) mass is 303 g/mol. The van der Waals surface area contributed by atoms with E-state index in [1.807, 2.05) is 4.57 Å². The van der Waals surface area contributed by atoms with E-state index in [4.69, 9.17) is 5.26 Å². The van der Waals surface area contributed by atoms with Crippen LogP contribution >= 0.6 is 23.1 Å². The highest BCUT2D eigenvalue weighted by Gasteiger charge is 2.22. The Balaban J connectivity index is 2.24. The molecule has 0 saturated carbocycles. The van der Waals surface area contributed by atoms with Crippen molar-refractivity contribution in [2.45, 2.75) is 31.0 Å². The van der Waals surface area contributed by atoms with Gasteiger partial charge in [-0.15, -0.1) is 17.9 Å². The van der Waals surface area contributed by atoms with Crippen LogP contribution in [0.4, 0.5) is 0 Å². The summed E-state index contributed by atoms with van der Waals surface area (Å²) in [7, 11) is 0. The molecule has 102 valence electrons. The third-order valence-corrected chi connectivity index (χ3v) is 5.49. The smallest absolute Gasteiger partial charge is 0.211 e. The Morgan fingerprint density at radius 1 is 1.55 bits per heavy atom. The zero-order valence-corrected chi connectivity index (χ0v) is 12.5. The first-order valence-corrected chi connectivity index (χ1v) is 8.22. The van der Waals surface area contributed by atoms with Gasteiger partial charge in [0.15, 0.2) is 5.16 Å². The number of fused-ring (bicyclic) bond motifs is 2. The minimum absolute atomic E-state index is 0.0767. The van der Waals surface area contributed by atoms with Crippen molar-refractivity contribution in [1.29, 1.82) is 5.26 Å². The lowest BCUT2D eigenvalue weighted by Crippen LogP contribution is -2.07. The number of hydrogen-bond acceptors (Lipinski definition) is 5. The predicted octanol–water partition coefficient (Wildman–Crippen LogP) is 2.75. The molecule has 0 atom stereocenters. The number of aromatic nitrogens is 2. The third-order valence-electron chi connectivity index (χ3n) is 3.34. The number of nitriles is 1. The Morgan fingerprint density at radius 3 is 3.15 bits per heavy atom. The molecule has 2 aromatic rings. The van der Waals surface area contributed by atoms with Crippen LogP contribution in [0.2, 0.25) is 0 Å². The van der Waals surface area contributed by atoms with Gasteiger partial charge < -0.3 is 4.57 Å². The molecule has 0 bridgehead atoms. The van der Waals surface area contributed by atoms with Crippen LogP contribution in [0.1, 0.15) is 16.9 Å². The lowest BCUT2D eigenvalue weighted by molar-refractivity contribution is 0.753. The summed E-state index contributed by atoms with van der Waals surface area (Å²) in [6.45, 7) is 4.37. The molecule has 0 aromatic carbocycles. The molecule has 0 spiro atoms. The summed E-state index contributed by atoms with van der Waals surface area (Å²) >= 11 is 3.04. The van der Waals surface area contributed by atoms with Gasteiger partial charge in [-0.25, -0.2) is 4.98 Å². The zero-order chi connectivity index (χ0) is 14.1. The Morgan fingerprint density at radius 2 is 2.40 bits per heavy atom. The second kappa shape index (κ2) is 5.43. The number of rotatable bonds is 4. The number of nitrogens with zero attached hydrogens (tertiary/aromatic N) is 3. The van der Waals surface area contributed by atoms with E-state index in [0.717, 1.165) is 34.8 Å². The van der Waals surface area contributed by atoms with E-state index in [1.165, 1.54) is 16.6 Å². The number of aryl methyl sites for hydroxylation is 1. The molecule has 0 unspecified atom stereocenters. The van der Waals surface area contributed by atoms with Gasteiger partial charge in [-0.1, -0.05) is 17.8 Å². The van der Waals surface area contributed by atoms with Crippen molar-refractivity contribution in [2.24, 2.45) is 0 Å². The highest BCUT2D eigenvalue weighted by atomic mass is 32.2. The summed E-state index contributed by atoms with van der Waals surface area (Å²) in [5.74, 6) is 0.332. The molecule has 0 radical (unpaired) electrons. The van der Waals surface area contributed by atoms with Crippen LogP contribution in [0.5, 0.6) is 0 Å². The Bertz CT molecular complexity index is 782. The van der Waals surface area contributed by atoms with E-state index in [0.29, 0.717) is 17.8 Å². The van der Waals surface area contributed by atoms with Crippen molar-refractivity contribution >= 4 is 33.4 Å². The minimum Gasteiger partial charge on any atom is -0.307 e. The zero-order valence-electron chi connectivity index (χ0n) is 10.9. The first-order valence-electron chi connectivity index (χ1n) is 6.42. The average molecular weight is 303 g/mol. The van der Waals surface area contributed by atoms with Gasteiger partial charge in [-0.05, 0) is 19.3 Å². The number of allylic oxidation sites excluding steroid dienone is 1. The lowest BCUT2D eigenvalue weighted by atomic mass is 10.2. The first-order chi connectivity index (χ1) is 9.76. The molecule has 0 amide bonds. The maximum Gasteiger partial charge on any atom is 0.211 e. The van der Waals surface area contributed by atoms with Crippen molar-refractivity contribution in [2.75, 3.05) is 5.75 Å². The van der Waals surface area contributed by atoms with E-state index in [-0.39, 0.29) is 5.43 Å². The minimum atomic E-state index is 0.0767. The lowest BCUT2D eigenvalue weighted by Gasteiger charge is -2.04. The highest BCUT2D eigenvalue weighted by Crippen LogP contribution is 2.31. The van der Waals surface area contributed by atoms with E-state index < -0.39 is 0 Å². The maximum atomic E-state index is 12.5. The number of imidazole rings is 1. The molecule has 4 nitrogen and oxygen atoms in total. The van der Waals surface area contributed by atoms with Gasteiger partial charge >= 0.3 is 0 Å². The topological polar surface area (TPSA) is 58.7 Å². The number of hydrogen-bond donors (Lipinski definition) is 0. The van der Waals surface area contributed by atoms with Gasteiger partial charge in [0.1, 0.15) is 10.3 Å². The standard InChI is InChI=1S/C14H13N3OS2/c1-2-7-17-13-11(16-14(17)19-8-6-15)12(18)9-4-3-5-10(9)20-13/h2H,1,3-5,7-8H2. The van der Waals surface area contributed by atoms with Crippen LogP contribution in [0.25, 0.3) is 10.3 Å². The van der Waals surface area contributed by atoms with Crippen LogP contribution in [-0.2, 0) is 19.4 Å². The summed E-state index contributed by atoms with van der Waals surface area (Å²) in [5.41, 5.74) is 1.58. The van der Waals surface area contributed by atoms with Crippen molar-refractivity contribution in [1.82, 2.24) is 9.55 Å². The molecular weight excluding hydrogens is 290 g/mol. The Labute approximate surface area is 124 Å². The van der Waals surface area contributed by atoms with Crippen LogP contribution in [0.15, 0.2) is 22.6 Å². The van der Waals surface area contributed by atoms with Gasteiger partial charge in [0.2, 0.25) is 5.43 Å². The van der Waals surface area contributed by atoms with Gasteiger partial charge in [0.05, 0.1) is 11.8 Å². The summed E-state index contributed by atoms with van der Waals surface area (Å²) in [4.78, 5) is 19.1. The SMILES string of the molecule is C=CCn1c(SCC#N)nc2c(=O)c3c(sc21)CCC3. The van der Waals surface area contributed by atoms with Crippen molar-refractivity contribution in [3.8, 4) is 6.07 Å². The van der Waals surface area contributed by atoms with E-state index in [9.17, 15) is 4.79 Å². The Hall–Kier alpha value is -1.58. The Kier molecular flexibility index (Phi) is 3.64. The van der Waals surface area contributed by atoms with E-state index >= 15 is 0 Å². The maximum absolute atomic E-state index is 12.5. The molecule has 20 heavy (non-hydrogen) atoms. The average Bonchev–Trinajstić information content (AvgIpc) is 3.04. The van der Waals surface area contributed by atoms with Gasteiger partial charge in [0.25, 0.3) is 0 Å². The summed E-state index contributed by atoms with van der Waals surface area (Å²) < 4.78 is 2.00. The molecule has 2 heterocycles. The molecule has 0 aliphatic heterocycles. The fourth-order valence-electron chi connectivity index (χ4n) is 2.50. The summed E-state index contributed by atoms with van der Waals surface area (Å²) in [6, 6.07) is 2.10. The van der Waals surface area contributed by atoms with Crippen molar-refractivity contribution in [3.05, 3.63) is 33.3 Å². The van der Waals surface area contributed by atoms with Crippen molar-refractivity contribution in [3.63, 3.8) is 0 Å². The third kappa shape index (κ3) is 2.07. The quantitative estimate of drug-likeness (QED) is 0.643. The van der Waals surface area contributed by atoms with Gasteiger partial charge in [-0.3, -0.25) is 4.79 Å². The molecule has 3 rings (SSSR count). The largest absolute Gasteiger partial charge is 0.307 e. The van der Waals surface area contributed by atoms with Crippen LogP contribution < -0.4 is 5.43 Å². The summed E-state index contributed by atoms with van der Waals surface area (Å²) in [5, 5.41) is 9.46. The normalized spacial score (nSPS) is 13.3. The fraction of sp³-hybridized carbons (Fsp3) is 0.357. The number of thioether (sulfide) groups is 1. The molecule has 2 aromatic heterocycles. The fourth-order valence-corrected chi connectivity index (χ4v) is 4.53. The second-order valence-electron chi connectivity index (χ2n) is 4.58. The molecule has 6 heteroatoms.